The number of hydrogen-bond acceptors (Lipinski definition) is 8. The van der Waals surface area contributed by atoms with Crippen LogP contribution in [-0.4, -0.2) is 42.4 Å². The van der Waals surface area contributed by atoms with Crippen molar-refractivity contribution < 1.29 is 33.6 Å². The van der Waals surface area contributed by atoms with Gasteiger partial charge >= 0.3 is 11.9 Å². The summed E-state index contributed by atoms with van der Waals surface area (Å²) in [4.78, 5) is 57.5. The number of carbonyl (C=O) groups is 4. The molecule has 2 aromatic carbocycles. The Kier molecular flexibility index (Phi) is 7.42. The minimum atomic E-state index is -1.09. The number of nitro benzene ring substituents is 1. The summed E-state index contributed by atoms with van der Waals surface area (Å²) < 4.78 is 9.23. The number of halogens is 1. The second kappa shape index (κ2) is 9.98. The topological polar surface area (TPSA) is 154 Å². The number of ether oxygens (including phenoxy) is 2. The molecule has 0 aliphatic carbocycles. The molecular formula is C18H14ClN3O8. The molecule has 0 aliphatic heterocycles. The van der Waals surface area contributed by atoms with E-state index in [1.54, 1.807) is 0 Å². The molecule has 0 heterocycles. The predicted octanol–water partition coefficient (Wildman–Crippen LogP) is 1.65. The molecule has 2 aromatic rings. The smallest absolute Gasteiger partial charge is 0.338 e. The summed E-state index contributed by atoms with van der Waals surface area (Å²) in [7, 11) is 1.07. The molecular weight excluding hydrogens is 422 g/mol. The van der Waals surface area contributed by atoms with E-state index in [4.69, 9.17) is 16.3 Å². The Morgan fingerprint density at radius 3 is 2.13 bits per heavy atom. The van der Waals surface area contributed by atoms with E-state index < -0.39 is 41.0 Å². The Labute approximate surface area is 174 Å². The first-order valence-corrected chi connectivity index (χ1v) is 8.48. The number of nitrogens with one attached hydrogen (secondary N) is 2. The number of hydrazine groups is 1. The largest absolute Gasteiger partial charge is 0.465 e. The third-order valence-corrected chi connectivity index (χ3v) is 3.79. The van der Waals surface area contributed by atoms with Gasteiger partial charge in [-0.25, -0.2) is 9.59 Å². The van der Waals surface area contributed by atoms with E-state index in [-0.39, 0.29) is 16.7 Å². The van der Waals surface area contributed by atoms with Crippen LogP contribution in [0.1, 0.15) is 31.1 Å². The molecule has 0 saturated carbocycles. The second-order valence-electron chi connectivity index (χ2n) is 5.60. The van der Waals surface area contributed by atoms with Crippen molar-refractivity contribution in [2.75, 3.05) is 13.7 Å². The third kappa shape index (κ3) is 6.01. The Balaban J connectivity index is 1.96. The highest BCUT2D eigenvalue weighted by Crippen LogP contribution is 2.19. The fourth-order valence-electron chi connectivity index (χ4n) is 2.12. The number of esters is 2. The second-order valence-corrected chi connectivity index (χ2v) is 6.04. The summed E-state index contributed by atoms with van der Waals surface area (Å²) in [5.74, 6) is -3.49. The van der Waals surface area contributed by atoms with Crippen LogP contribution < -0.4 is 10.9 Å². The maximum absolute atomic E-state index is 12.1. The van der Waals surface area contributed by atoms with Gasteiger partial charge in [0.1, 0.15) is 0 Å². The fraction of sp³-hybridized carbons (Fsp3) is 0.111. The van der Waals surface area contributed by atoms with E-state index in [0.717, 1.165) is 25.3 Å². The zero-order valence-corrected chi connectivity index (χ0v) is 16.1. The van der Waals surface area contributed by atoms with Gasteiger partial charge in [-0.1, -0.05) is 11.6 Å². The summed E-state index contributed by atoms with van der Waals surface area (Å²) in [6.07, 6.45) is 0. The minimum Gasteiger partial charge on any atom is -0.465 e. The number of hydrogen-bond donors (Lipinski definition) is 2. The molecule has 11 nitrogen and oxygen atoms in total. The summed E-state index contributed by atoms with van der Waals surface area (Å²) >= 11 is 5.71. The number of non-ortho nitro benzene ring substituents is 1. The monoisotopic (exact) mass is 435 g/mol. The Bertz CT molecular complexity index is 1010. The van der Waals surface area contributed by atoms with Crippen LogP contribution in [0.2, 0.25) is 5.02 Å². The van der Waals surface area contributed by atoms with Crippen molar-refractivity contribution in [2.24, 2.45) is 0 Å². The van der Waals surface area contributed by atoms with Crippen LogP contribution in [0.15, 0.2) is 42.5 Å². The van der Waals surface area contributed by atoms with Crippen molar-refractivity contribution in [3.63, 3.8) is 0 Å². The van der Waals surface area contributed by atoms with Crippen molar-refractivity contribution >= 4 is 41.0 Å². The third-order valence-electron chi connectivity index (χ3n) is 3.54. The van der Waals surface area contributed by atoms with Gasteiger partial charge in [-0.3, -0.25) is 30.6 Å². The Morgan fingerprint density at radius 2 is 1.57 bits per heavy atom. The van der Waals surface area contributed by atoms with E-state index in [9.17, 15) is 29.3 Å². The molecule has 0 spiro atoms. The van der Waals surface area contributed by atoms with E-state index in [1.165, 1.54) is 24.3 Å². The van der Waals surface area contributed by atoms with Gasteiger partial charge in [0.25, 0.3) is 17.5 Å². The lowest BCUT2D eigenvalue weighted by Gasteiger charge is -2.09. The number of carbonyl (C=O) groups excluding carboxylic acids is 4. The number of amides is 2. The summed E-state index contributed by atoms with van der Waals surface area (Å²) in [5, 5.41) is 11.4. The lowest BCUT2D eigenvalue weighted by atomic mass is 10.1. The number of nitrogens with zero attached hydrogens (tertiary/aromatic N) is 1. The van der Waals surface area contributed by atoms with Gasteiger partial charge in [0.15, 0.2) is 6.61 Å². The molecule has 12 heteroatoms. The zero-order chi connectivity index (χ0) is 22.3. The molecule has 0 aliphatic rings. The molecule has 0 saturated heterocycles. The van der Waals surface area contributed by atoms with E-state index in [1.807, 2.05) is 5.43 Å². The SMILES string of the molecule is COC(=O)c1cc(C(=O)OCC(=O)NNC(=O)c2ccc(Cl)cc2)cc([N+](=O)[O-])c1. The predicted molar refractivity (Wildman–Crippen MR) is 102 cm³/mol. The van der Waals surface area contributed by atoms with Crippen LogP contribution in [0.3, 0.4) is 0 Å². The minimum absolute atomic E-state index is 0.226. The Hall–Kier alpha value is -3.99. The van der Waals surface area contributed by atoms with Crippen molar-refractivity contribution in [3.8, 4) is 0 Å². The number of benzene rings is 2. The fourth-order valence-corrected chi connectivity index (χ4v) is 2.25. The highest BCUT2D eigenvalue weighted by atomic mass is 35.5. The lowest BCUT2D eigenvalue weighted by Crippen LogP contribution is -2.43. The van der Waals surface area contributed by atoms with Crippen LogP contribution in [-0.2, 0) is 14.3 Å². The van der Waals surface area contributed by atoms with Crippen molar-refractivity contribution in [1.29, 1.82) is 0 Å². The van der Waals surface area contributed by atoms with Crippen LogP contribution in [0, 0.1) is 10.1 Å². The lowest BCUT2D eigenvalue weighted by molar-refractivity contribution is -0.384. The molecule has 30 heavy (non-hydrogen) atoms. The van der Waals surface area contributed by atoms with Crippen LogP contribution in [0.4, 0.5) is 5.69 Å². The molecule has 2 amide bonds. The summed E-state index contributed by atoms with van der Waals surface area (Å²) in [6.45, 7) is -0.796. The Morgan fingerprint density at radius 1 is 0.967 bits per heavy atom. The molecule has 0 bridgehead atoms. The number of nitro groups is 1. The molecule has 0 aromatic heterocycles. The highest BCUT2D eigenvalue weighted by molar-refractivity contribution is 6.30. The molecule has 0 radical (unpaired) electrons. The first kappa shape index (κ1) is 22.3. The van der Waals surface area contributed by atoms with Gasteiger partial charge in [-0.15, -0.1) is 0 Å². The van der Waals surface area contributed by atoms with Gasteiger partial charge in [-0.2, -0.15) is 0 Å². The van der Waals surface area contributed by atoms with Gasteiger partial charge in [0.05, 0.1) is 23.2 Å². The quantitative estimate of drug-likeness (QED) is 0.394. The maximum atomic E-state index is 12.1. The van der Waals surface area contributed by atoms with E-state index in [2.05, 4.69) is 10.2 Å². The summed E-state index contributed by atoms with van der Waals surface area (Å²) in [6, 6.07) is 8.69. The van der Waals surface area contributed by atoms with E-state index >= 15 is 0 Å². The molecule has 2 N–H and O–H groups in total. The van der Waals surface area contributed by atoms with Crippen LogP contribution in [0.25, 0.3) is 0 Å². The average Bonchev–Trinajstić information content (AvgIpc) is 2.75. The highest BCUT2D eigenvalue weighted by Gasteiger charge is 2.20. The van der Waals surface area contributed by atoms with Gasteiger partial charge in [-0.05, 0) is 30.3 Å². The number of rotatable bonds is 6. The molecule has 156 valence electrons. The van der Waals surface area contributed by atoms with Crippen molar-refractivity contribution in [2.45, 2.75) is 0 Å². The molecule has 0 atom stereocenters. The molecule has 0 fully saturated rings. The first-order valence-electron chi connectivity index (χ1n) is 8.11. The molecule has 0 unspecified atom stereocenters. The zero-order valence-electron chi connectivity index (χ0n) is 15.3. The van der Waals surface area contributed by atoms with Gasteiger partial charge in [0, 0.05) is 22.7 Å². The van der Waals surface area contributed by atoms with Gasteiger partial charge < -0.3 is 9.47 Å². The van der Waals surface area contributed by atoms with Crippen LogP contribution >= 0.6 is 11.6 Å². The van der Waals surface area contributed by atoms with Crippen molar-refractivity contribution in [1.82, 2.24) is 10.9 Å². The standard InChI is InChI=1S/C18H14ClN3O8/c1-29-17(25)11-6-12(8-14(7-11)22(27)28)18(26)30-9-15(23)20-21-16(24)10-2-4-13(19)5-3-10/h2-8H,9H2,1H3,(H,20,23)(H,21,24). The average molecular weight is 436 g/mol. The van der Waals surface area contributed by atoms with Crippen LogP contribution in [0.5, 0.6) is 0 Å². The molecule has 2 rings (SSSR count). The maximum Gasteiger partial charge on any atom is 0.338 e. The normalized spacial score (nSPS) is 9.93. The van der Waals surface area contributed by atoms with Gasteiger partial charge in [0.2, 0.25) is 0 Å². The van der Waals surface area contributed by atoms with E-state index in [0.29, 0.717) is 5.02 Å². The first-order chi connectivity index (χ1) is 14.2. The number of methoxy groups -OCH3 is 1. The van der Waals surface area contributed by atoms with Crippen molar-refractivity contribution in [3.05, 3.63) is 74.3 Å². The summed E-state index contributed by atoms with van der Waals surface area (Å²) in [5.41, 5.74) is 3.27.